The van der Waals surface area contributed by atoms with Crippen molar-refractivity contribution < 1.29 is 45.4 Å². The van der Waals surface area contributed by atoms with Gasteiger partial charge in [-0.1, -0.05) is 35.3 Å². The summed E-state index contributed by atoms with van der Waals surface area (Å²) in [6.07, 6.45) is -7.43. The summed E-state index contributed by atoms with van der Waals surface area (Å²) >= 11 is 12.4. The first-order valence-corrected chi connectivity index (χ1v) is 16.9. The van der Waals surface area contributed by atoms with Gasteiger partial charge in [-0.3, -0.25) is 0 Å². The number of aromatic nitrogens is 2. The lowest BCUT2D eigenvalue weighted by atomic mass is 10.1. The van der Waals surface area contributed by atoms with E-state index in [4.69, 9.17) is 32.7 Å². The number of benzene rings is 2. The molecular weight excluding hydrogens is 769 g/mol. The maximum atomic E-state index is 12.5. The zero-order valence-corrected chi connectivity index (χ0v) is 29.4. The van der Waals surface area contributed by atoms with E-state index in [1.165, 1.54) is 0 Å². The van der Waals surface area contributed by atoms with Crippen LogP contribution < -0.4 is 31.9 Å². The number of ether oxygens (including phenoxy) is 2. The molecular formula is C34H32Cl2F6N8O4. The van der Waals surface area contributed by atoms with Gasteiger partial charge in [-0.2, -0.15) is 26.3 Å². The van der Waals surface area contributed by atoms with Crippen molar-refractivity contribution >= 4 is 58.0 Å². The highest BCUT2D eigenvalue weighted by Gasteiger charge is 2.33. The van der Waals surface area contributed by atoms with E-state index in [9.17, 15) is 35.9 Å². The van der Waals surface area contributed by atoms with E-state index in [2.05, 4.69) is 41.9 Å². The molecule has 6 N–H and O–H groups in total. The fraction of sp³-hybridized carbons (Fsp3) is 0.294. The Kier molecular flexibility index (Phi) is 13.5. The zero-order valence-electron chi connectivity index (χ0n) is 27.9. The molecule has 2 aromatic heterocycles. The van der Waals surface area contributed by atoms with Crippen LogP contribution in [-0.2, 0) is 21.8 Å². The van der Waals surface area contributed by atoms with Gasteiger partial charge >= 0.3 is 24.4 Å². The monoisotopic (exact) mass is 800 g/mol. The first-order valence-electron chi connectivity index (χ1n) is 16.1. The fourth-order valence-electron chi connectivity index (χ4n) is 5.07. The Morgan fingerprint density at radius 3 is 1.33 bits per heavy atom. The topological polar surface area (TPSA) is 151 Å². The van der Waals surface area contributed by atoms with Gasteiger partial charge in [0.2, 0.25) is 0 Å². The average Bonchev–Trinajstić information content (AvgIpc) is 3.14. The Bertz CT molecular complexity index is 1750. The summed E-state index contributed by atoms with van der Waals surface area (Å²) in [6, 6.07) is 12.8. The van der Waals surface area contributed by atoms with Crippen LogP contribution in [0.5, 0.6) is 0 Å². The molecule has 2 aliphatic heterocycles. The summed E-state index contributed by atoms with van der Waals surface area (Å²) in [7, 11) is 0. The van der Waals surface area contributed by atoms with Crippen molar-refractivity contribution in [3.8, 4) is 0 Å². The average molecular weight is 802 g/mol. The number of rotatable bonds is 6. The van der Waals surface area contributed by atoms with Crippen molar-refractivity contribution in [2.45, 2.75) is 24.6 Å². The maximum Gasteiger partial charge on any atom is 0.433 e. The Morgan fingerprint density at radius 1 is 0.630 bits per heavy atom. The molecule has 4 heterocycles. The Balaban J connectivity index is 0.000000208. The van der Waals surface area contributed by atoms with E-state index < -0.39 is 35.8 Å². The third kappa shape index (κ3) is 11.6. The molecule has 2 saturated heterocycles. The highest BCUT2D eigenvalue weighted by Crippen LogP contribution is 2.31. The molecule has 0 saturated carbocycles. The van der Waals surface area contributed by atoms with Gasteiger partial charge in [0.05, 0.1) is 70.6 Å². The van der Waals surface area contributed by atoms with Crippen molar-refractivity contribution in [3.05, 3.63) is 106 Å². The lowest BCUT2D eigenvalue weighted by molar-refractivity contribution is -0.141. The molecule has 0 radical (unpaired) electrons. The lowest BCUT2D eigenvalue weighted by Gasteiger charge is -2.24. The van der Waals surface area contributed by atoms with E-state index in [-0.39, 0.29) is 23.6 Å². The summed E-state index contributed by atoms with van der Waals surface area (Å²) in [5.41, 5.74) is 0.654. The minimum absolute atomic E-state index is 0.114. The minimum Gasteiger partial charge on any atom is -0.371 e. The van der Waals surface area contributed by atoms with Gasteiger partial charge in [0.25, 0.3) is 0 Å². The summed E-state index contributed by atoms with van der Waals surface area (Å²) in [6.45, 7) is 4.14. The summed E-state index contributed by atoms with van der Waals surface area (Å²) < 4.78 is 86.2. The number of hydrogen-bond donors (Lipinski definition) is 6. The SMILES string of the molecule is O=C(Nc1ccc(C(F)(F)F)nc1)Nc1ccc([C@@H]2CNCCO2)cc1Cl.O=C(Nc1ccc(C(F)(F)F)nc1)Nc1ccc([C@H]2CNCCO2)cc1Cl. The third-order valence-electron chi connectivity index (χ3n) is 7.71. The molecule has 2 fully saturated rings. The molecule has 0 unspecified atom stereocenters. The van der Waals surface area contributed by atoms with E-state index in [1.807, 2.05) is 0 Å². The fourth-order valence-corrected chi connectivity index (χ4v) is 5.54. The van der Waals surface area contributed by atoms with Gasteiger partial charge in [0.15, 0.2) is 0 Å². The molecule has 0 spiro atoms. The quantitative estimate of drug-likeness (QED) is 0.107. The molecule has 288 valence electrons. The molecule has 0 aliphatic carbocycles. The first-order chi connectivity index (χ1) is 25.7. The molecule has 54 heavy (non-hydrogen) atoms. The van der Waals surface area contributed by atoms with Crippen LogP contribution in [0.15, 0.2) is 73.1 Å². The molecule has 2 aliphatic rings. The Labute approximate surface area is 314 Å². The van der Waals surface area contributed by atoms with Gasteiger partial charge in [-0.25, -0.2) is 19.6 Å². The predicted octanol–water partition coefficient (Wildman–Crippen LogP) is 8.12. The van der Waals surface area contributed by atoms with Crippen LogP contribution in [0.4, 0.5) is 58.7 Å². The van der Waals surface area contributed by atoms with E-state index in [0.717, 1.165) is 60.9 Å². The van der Waals surface area contributed by atoms with E-state index in [0.29, 0.717) is 47.7 Å². The van der Waals surface area contributed by atoms with Gasteiger partial charge in [0.1, 0.15) is 11.4 Å². The first kappa shape index (κ1) is 40.5. The van der Waals surface area contributed by atoms with Crippen molar-refractivity contribution in [2.24, 2.45) is 0 Å². The maximum absolute atomic E-state index is 12.5. The van der Waals surface area contributed by atoms with Gasteiger partial charge in [0, 0.05) is 26.2 Å². The second kappa shape index (κ2) is 18.1. The molecule has 6 rings (SSSR count). The van der Waals surface area contributed by atoms with E-state index in [1.54, 1.807) is 36.4 Å². The third-order valence-corrected chi connectivity index (χ3v) is 8.33. The van der Waals surface area contributed by atoms with Crippen LogP contribution >= 0.6 is 23.2 Å². The van der Waals surface area contributed by atoms with Crippen molar-refractivity contribution in [1.82, 2.24) is 20.6 Å². The highest BCUT2D eigenvalue weighted by atomic mass is 35.5. The van der Waals surface area contributed by atoms with E-state index >= 15 is 0 Å². The molecule has 12 nitrogen and oxygen atoms in total. The van der Waals surface area contributed by atoms with Crippen LogP contribution in [0.2, 0.25) is 10.0 Å². The molecule has 0 bridgehead atoms. The van der Waals surface area contributed by atoms with Gasteiger partial charge < -0.3 is 41.4 Å². The number of anilines is 4. The van der Waals surface area contributed by atoms with Crippen molar-refractivity contribution in [3.63, 3.8) is 0 Å². The molecule has 4 aromatic rings. The molecule has 2 atom stereocenters. The largest absolute Gasteiger partial charge is 0.433 e. The number of halogens is 8. The molecule has 4 amide bonds. The van der Waals surface area contributed by atoms with Crippen molar-refractivity contribution in [1.29, 1.82) is 0 Å². The number of carbonyl (C=O) groups excluding carboxylic acids is 2. The zero-order chi connectivity index (χ0) is 38.9. The number of morpholine rings is 2. The van der Waals surface area contributed by atoms with Crippen LogP contribution in [0, 0.1) is 0 Å². The highest BCUT2D eigenvalue weighted by molar-refractivity contribution is 6.34. The Hall–Kier alpha value is -4.72. The van der Waals surface area contributed by atoms with Crippen LogP contribution in [-0.4, -0.2) is 61.4 Å². The number of amides is 4. The summed E-state index contributed by atoms with van der Waals surface area (Å²) in [5.74, 6) is 0. The van der Waals surface area contributed by atoms with Gasteiger partial charge in [-0.05, 0) is 59.7 Å². The predicted molar refractivity (Wildman–Crippen MR) is 190 cm³/mol. The number of urea groups is 2. The number of carbonyl (C=O) groups is 2. The number of pyridine rings is 2. The summed E-state index contributed by atoms with van der Waals surface area (Å²) in [4.78, 5) is 30.6. The smallest absolute Gasteiger partial charge is 0.371 e. The Morgan fingerprint density at radius 2 is 1.04 bits per heavy atom. The lowest BCUT2D eigenvalue weighted by Crippen LogP contribution is -2.33. The number of nitrogens with zero attached hydrogens (tertiary/aromatic N) is 2. The number of nitrogens with one attached hydrogen (secondary N) is 6. The number of alkyl halides is 6. The van der Waals surface area contributed by atoms with Crippen LogP contribution in [0.1, 0.15) is 34.7 Å². The normalized spacial score (nSPS) is 17.4. The minimum atomic E-state index is -4.53. The molecule has 2 aromatic carbocycles. The standard InChI is InChI=1S/2C17H16ClF3N4O2/c2*18-12-7-10(14-9-22-5-6-27-14)1-3-13(12)25-16(26)24-11-2-4-15(23-8-11)17(19,20)21/h2*1-4,7-8,14,22H,5-6,9H2,(H2,24,25,26)/t2*14-/m10/s1. The van der Waals surface area contributed by atoms with Gasteiger partial charge in [-0.15, -0.1) is 0 Å². The second-order valence-electron chi connectivity index (χ2n) is 11.6. The number of hydrogen-bond acceptors (Lipinski definition) is 8. The molecule has 20 heteroatoms. The van der Waals surface area contributed by atoms with Crippen molar-refractivity contribution in [2.75, 3.05) is 60.7 Å². The van der Waals surface area contributed by atoms with Crippen LogP contribution in [0.25, 0.3) is 0 Å². The van der Waals surface area contributed by atoms with Crippen LogP contribution in [0.3, 0.4) is 0 Å². The second-order valence-corrected chi connectivity index (χ2v) is 12.4. The summed E-state index contributed by atoms with van der Waals surface area (Å²) in [5, 5.41) is 17.0.